The van der Waals surface area contributed by atoms with Crippen molar-refractivity contribution in [3.8, 4) is 0 Å². The predicted molar refractivity (Wildman–Crippen MR) is 279 cm³/mol. The minimum Gasteiger partial charge on any atom is -0.477 e. The van der Waals surface area contributed by atoms with Crippen LogP contribution in [0.5, 0.6) is 0 Å². The Morgan fingerprint density at radius 3 is 1.26 bits per heavy atom. The Balaban J connectivity index is 4.31. The number of rotatable bonds is 46. The Kier molecular flexibility index (Phi) is 45.0. The predicted octanol–water partition coefficient (Wildman–Crippen LogP) is 15.4. The molecule has 0 heterocycles. The summed E-state index contributed by atoms with van der Waals surface area (Å²) in [6, 6.07) is -0.626. The van der Waals surface area contributed by atoms with Crippen molar-refractivity contribution in [1.82, 2.24) is 0 Å². The molecule has 0 aliphatic carbocycles. The number of likely N-dealkylation sites (N-methyl/N-ethyl adjacent to an activating group) is 1. The van der Waals surface area contributed by atoms with E-state index in [1.807, 2.05) is 21.1 Å². The van der Waals surface area contributed by atoms with Gasteiger partial charge in [-0.25, -0.2) is 4.79 Å². The summed E-state index contributed by atoms with van der Waals surface area (Å²) in [5.74, 6) is -1.51. The number of carbonyl (C=O) groups is 3. The first-order valence-corrected chi connectivity index (χ1v) is 26.3. The van der Waals surface area contributed by atoms with E-state index in [1.54, 1.807) is 0 Å². The Morgan fingerprint density at radius 2 is 0.848 bits per heavy atom. The van der Waals surface area contributed by atoms with Crippen LogP contribution in [-0.2, 0) is 28.6 Å². The lowest BCUT2D eigenvalue weighted by atomic mass is 10.1. The highest BCUT2D eigenvalue weighted by Crippen LogP contribution is 2.14. The van der Waals surface area contributed by atoms with E-state index >= 15 is 0 Å². The largest absolute Gasteiger partial charge is 0.477 e. The Bertz CT molecular complexity index is 1400. The van der Waals surface area contributed by atoms with E-state index in [0.29, 0.717) is 19.3 Å². The summed E-state index contributed by atoms with van der Waals surface area (Å²) >= 11 is 0. The normalized spacial score (nSPS) is 13.7. The molecule has 0 saturated carbocycles. The second-order valence-corrected chi connectivity index (χ2v) is 18.4. The number of aliphatic carboxylic acids is 1. The highest BCUT2D eigenvalue weighted by atomic mass is 16.6. The number of ether oxygens (including phenoxy) is 3. The van der Waals surface area contributed by atoms with E-state index in [1.165, 1.54) is 64.2 Å². The maximum absolute atomic E-state index is 12.8. The van der Waals surface area contributed by atoms with Gasteiger partial charge in [0.2, 0.25) is 0 Å². The third-order valence-corrected chi connectivity index (χ3v) is 11.2. The van der Waals surface area contributed by atoms with Crippen molar-refractivity contribution < 1.29 is 38.2 Å². The second-order valence-electron chi connectivity index (χ2n) is 18.4. The molecule has 0 saturated heterocycles. The van der Waals surface area contributed by atoms with Crippen LogP contribution in [0, 0.1) is 0 Å². The van der Waals surface area contributed by atoms with Gasteiger partial charge >= 0.3 is 17.9 Å². The monoisotopic (exact) mass is 921 g/mol. The van der Waals surface area contributed by atoms with Crippen LogP contribution < -0.4 is 0 Å². The van der Waals surface area contributed by atoms with Crippen molar-refractivity contribution in [3.05, 3.63) is 97.2 Å². The molecule has 0 aromatic carbocycles. The van der Waals surface area contributed by atoms with Crippen molar-refractivity contribution in [2.45, 2.75) is 212 Å². The standard InChI is InChI=1S/C58H97NO7/c1-6-8-10-12-14-16-18-20-22-24-26-28-29-31-33-35-37-39-41-43-45-47-49-57(61)66-54(52-64-51-50-55(58(62)63)59(3,4)5)53-65-56(60)48-46-44-42-40-38-36-34-32-30-27-25-23-21-19-17-15-13-11-9-7-2/h9,11,14-17,20-23,26-28,30,34,36,54-55H,6-8,10,12-13,18-19,24-25,29,31-33,35,37-53H2,1-5H3/p+1/b11-9+,16-14+,17-15+,22-20+,23-21+,28-26+,30-27+,36-34+. The Hall–Kier alpha value is -3.75. The lowest BCUT2D eigenvalue weighted by Gasteiger charge is -2.31. The topological polar surface area (TPSA) is 99.1 Å². The third-order valence-electron chi connectivity index (χ3n) is 11.2. The molecule has 0 fully saturated rings. The van der Waals surface area contributed by atoms with Crippen LogP contribution in [0.2, 0.25) is 0 Å². The molecule has 0 aromatic rings. The van der Waals surface area contributed by atoms with Gasteiger partial charge < -0.3 is 23.8 Å². The molecule has 2 atom stereocenters. The molecule has 8 nitrogen and oxygen atoms in total. The van der Waals surface area contributed by atoms with Crippen molar-refractivity contribution >= 4 is 17.9 Å². The number of nitrogens with zero attached hydrogens (tertiary/aromatic N) is 1. The maximum Gasteiger partial charge on any atom is 0.362 e. The van der Waals surface area contributed by atoms with E-state index in [-0.39, 0.29) is 36.2 Å². The van der Waals surface area contributed by atoms with Crippen molar-refractivity contribution in [1.29, 1.82) is 0 Å². The molecule has 0 rings (SSSR count). The van der Waals surface area contributed by atoms with Crippen LogP contribution in [0.4, 0.5) is 0 Å². The van der Waals surface area contributed by atoms with Gasteiger partial charge in [0.05, 0.1) is 34.4 Å². The smallest absolute Gasteiger partial charge is 0.362 e. The first-order chi connectivity index (χ1) is 32.1. The van der Waals surface area contributed by atoms with Crippen LogP contribution in [0.1, 0.15) is 200 Å². The van der Waals surface area contributed by atoms with Crippen molar-refractivity contribution in [2.24, 2.45) is 0 Å². The molecule has 0 amide bonds. The van der Waals surface area contributed by atoms with Crippen LogP contribution in [0.3, 0.4) is 0 Å². The SMILES string of the molecule is CC/C=C/C/C=C/C/C=C/C/C=C/C/C=C/CCCCCCC(=O)OCC(COCCC(C(=O)O)[N+](C)(C)C)OC(=O)CCCCCCCCCCC/C=C/C/C=C/C/C=C/CCCCC. The minimum atomic E-state index is -0.883. The number of carboxylic acids is 1. The summed E-state index contributed by atoms with van der Waals surface area (Å²) in [7, 11) is 5.52. The molecule has 8 heteroatoms. The number of unbranched alkanes of at least 4 members (excludes halogenated alkanes) is 16. The van der Waals surface area contributed by atoms with Gasteiger partial charge in [0.1, 0.15) is 6.61 Å². The third kappa shape index (κ3) is 45.4. The Morgan fingerprint density at radius 1 is 0.470 bits per heavy atom. The van der Waals surface area contributed by atoms with Crippen LogP contribution in [0.25, 0.3) is 0 Å². The summed E-state index contributed by atoms with van der Waals surface area (Å²) in [4.78, 5) is 37.2. The highest BCUT2D eigenvalue weighted by Gasteiger charge is 2.31. The van der Waals surface area contributed by atoms with Gasteiger partial charge in [-0.1, -0.05) is 182 Å². The van der Waals surface area contributed by atoms with Gasteiger partial charge in [-0.05, 0) is 96.3 Å². The first kappa shape index (κ1) is 62.2. The molecule has 66 heavy (non-hydrogen) atoms. The second kappa shape index (κ2) is 47.7. The van der Waals surface area contributed by atoms with Crippen LogP contribution >= 0.6 is 0 Å². The summed E-state index contributed by atoms with van der Waals surface area (Å²) in [6.07, 6.45) is 64.5. The van der Waals surface area contributed by atoms with Gasteiger partial charge in [0.15, 0.2) is 12.1 Å². The molecule has 0 aliphatic rings. The van der Waals surface area contributed by atoms with Crippen molar-refractivity contribution in [2.75, 3.05) is 41.0 Å². The fourth-order valence-electron chi connectivity index (χ4n) is 7.18. The van der Waals surface area contributed by atoms with E-state index in [2.05, 4.69) is 111 Å². The van der Waals surface area contributed by atoms with Gasteiger partial charge in [-0.15, -0.1) is 0 Å². The average molecular weight is 921 g/mol. The highest BCUT2D eigenvalue weighted by molar-refractivity contribution is 5.72. The number of hydrogen-bond acceptors (Lipinski definition) is 6. The maximum atomic E-state index is 12.8. The molecule has 0 radical (unpaired) electrons. The lowest BCUT2D eigenvalue weighted by Crippen LogP contribution is -2.50. The molecular weight excluding hydrogens is 823 g/mol. The fourth-order valence-corrected chi connectivity index (χ4v) is 7.18. The number of carboxylic acid groups (broad SMARTS) is 1. The molecular formula is C58H98NO7+. The van der Waals surface area contributed by atoms with Crippen LogP contribution in [0.15, 0.2) is 97.2 Å². The van der Waals surface area contributed by atoms with Gasteiger partial charge in [0, 0.05) is 19.3 Å². The average Bonchev–Trinajstić information content (AvgIpc) is 3.28. The van der Waals surface area contributed by atoms with Gasteiger partial charge in [-0.2, -0.15) is 0 Å². The summed E-state index contributed by atoms with van der Waals surface area (Å²) < 4.78 is 17.3. The van der Waals surface area contributed by atoms with Gasteiger partial charge in [0.25, 0.3) is 0 Å². The van der Waals surface area contributed by atoms with E-state index in [9.17, 15) is 19.5 Å². The zero-order valence-electron chi connectivity index (χ0n) is 42.9. The molecule has 376 valence electrons. The fraction of sp³-hybridized carbons (Fsp3) is 0.672. The van der Waals surface area contributed by atoms with Gasteiger partial charge in [-0.3, -0.25) is 9.59 Å². The molecule has 0 spiro atoms. The number of quaternary nitrogens is 1. The summed E-state index contributed by atoms with van der Waals surface area (Å²) in [5, 5.41) is 9.66. The molecule has 2 unspecified atom stereocenters. The van der Waals surface area contributed by atoms with E-state index < -0.39 is 18.1 Å². The number of hydrogen-bond donors (Lipinski definition) is 1. The summed E-state index contributed by atoms with van der Waals surface area (Å²) in [5.41, 5.74) is 0. The summed E-state index contributed by atoms with van der Waals surface area (Å²) in [6.45, 7) is 4.56. The lowest BCUT2D eigenvalue weighted by molar-refractivity contribution is -0.887. The number of carbonyl (C=O) groups excluding carboxylic acids is 2. The first-order valence-electron chi connectivity index (χ1n) is 26.3. The minimum absolute atomic E-state index is 0.0449. The van der Waals surface area contributed by atoms with E-state index in [0.717, 1.165) is 103 Å². The molecule has 0 bridgehead atoms. The number of allylic oxidation sites excluding steroid dienone is 16. The van der Waals surface area contributed by atoms with Crippen molar-refractivity contribution in [3.63, 3.8) is 0 Å². The molecule has 1 N–H and O–H groups in total. The van der Waals surface area contributed by atoms with E-state index in [4.69, 9.17) is 14.2 Å². The Labute approximate surface area is 405 Å². The zero-order valence-corrected chi connectivity index (χ0v) is 42.9. The zero-order chi connectivity index (χ0) is 48.4. The van der Waals surface area contributed by atoms with Crippen LogP contribution in [-0.4, -0.2) is 80.6 Å². The molecule has 0 aliphatic heterocycles. The number of esters is 2. The molecule has 0 aromatic heterocycles. The quantitative estimate of drug-likeness (QED) is 0.0281.